The fraction of sp³-hybridized carbons (Fsp3) is 0.389. The smallest absolute Gasteiger partial charge is 0.223 e. The molecule has 0 radical (unpaired) electrons. The number of benzene rings is 2. The predicted molar refractivity (Wildman–Crippen MR) is 175 cm³/mol. The van der Waals surface area contributed by atoms with Crippen molar-refractivity contribution in [1.82, 2.24) is 34.7 Å². The van der Waals surface area contributed by atoms with Gasteiger partial charge in [-0.3, -0.25) is 9.69 Å². The Labute approximate surface area is 259 Å². The van der Waals surface area contributed by atoms with Gasteiger partial charge >= 0.3 is 0 Å². The Kier molecular flexibility index (Phi) is 8.11. The Morgan fingerprint density at radius 1 is 0.955 bits per heavy atom. The second-order valence-electron chi connectivity index (χ2n) is 12.6. The van der Waals surface area contributed by atoms with Crippen molar-refractivity contribution in [1.29, 1.82) is 0 Å². The van der Waals surface area contributed by atoms with E-state index in [-0.39, 0.29) is 11.8 Å². The van der Waals surface area contributed by atoms with Gasteiger partial charge in [-0.05, 0) is 82.9 Å². The summed E-state index contributed by atoms with van der Waals surface area (Å²) in [6.45, 7) is 6.74. The molecular weight excluding hydrogens is 546 g/mol. The molecule has 0 aliphatic carbocycles. The van der Waals surface area contributed by atoms with Gasteiger partial charge in [0.1, 0.15) is 0 Å². The van der Waals surface area contributed by atoms with Crippen LogP contribution in [0.5, 0.6) is 0 Å². The van der Waals surface area contributed by atoms with Gasteiger partial charge in [0.2, 0.25) is 5.91 Å². The highest BCUT2D eigenvalue weighted by Gasteiger charge is 2.26. The fourth-order valence-corrected chi connectivity index (χ4v) is 6.94. The lowest BCUT2D eigenvalue weighted by Crippen LogP contribution is -2.41. The molecule has 3 aromatic heterocycles. The Morgan fingerprint density at radius 3 is 2.50 bits per heavy atom. The summed E-state index contributed by atoms with van der Waals surface area (Å²) in [7, 11) is 2.20. The summed E-state index contributed by atoms with van der Waals surface area (Å²) in [5.41, 5.74) is 8.00. The summed E-state index contributed by atoms with van der Waals surface area (Å²) in [6, 6.07) is 24.0. The molecule has 1 amide bonds. The predicted octanol–water partition coefficient (Wildman–Crippen LogP) is 5.73. The number of aromatic nitrogens is 4. The van der Waals surface area contributed by atoms with Crippen molar-refractivity contribution in [3.05, 3.63) is 84.2 Å². The highest BCUT2D eigenvalue weighted by Crippen LogP contribution is 2.34. The highest BCUT2D eigenvalue weighted by atomic mass is 16.1. The Morgan fingerprint density at radius 2 is 1.75 bits per heavy atom. The molecule has 2 fully saturated rings. The van der Waals surface area contributed by atoms with Crippen molar-refractivity contribution < 1.29 is 4.79 Å². The monoisotopic (exact) mass is 587 g/mol. The van der Waals surface area contributed by atoms with Crippen LogP contribution in [0.3, 0.4) is 0 Å². The minimum absolute atomic E-state index is 0.130. The molecule has 226 valence electrons. The molecule has 0 bridgehead atoms. The molecule has 2 aliphatic rings. The topological polar surface area (TPSA) is 78.7 Å². The van der Waals surface area contributed by atoms with E-state index in [1.54, 1.807) is 0 Å². The summed E-state index contributed by atoms with van der Waals surface area (Å²) in [5, 5.41) is 8.85. The second-order valence-corrected chi connectivity index (χ2v) is 12.6. The van der Waals surface area contributed by atoms with E-state index < -0.39 is 0 Å². The van der Waals surface area contributed by atoms with Crippen LogP contribution in [0.15, 0.2) is 72.9 Å². The van der Waals surface area contributed by atoms with E-state index in [1.165, 1.54) is 24.9 Å². The first-order valence-electron chi connectivity index (χ1n) is 16.0. The molecule has 8 nitrogen and oxygen atoms in total. The standard InChI is InChI=1S/C36H41N7O/c1-25-21-33-38-23-30-22-32(27-7-4-3-5-8-27)34(39-35(30)43(33)40-25)28-12-10-26(11-13-28)24-42-19-15-29(16-20-42)36(44)37-17-14-31-9-6-18-41(31)2/h3-5,7-8,10-13,21-23,29,31H,6,9,14-20,24H2,1-2H3,(H,37,44). The van der Waals surface area contributed by atoms with E-state index in [1.807, 2.05) is 29.8 Å². The molecule has 0 saturated carbocycles. The lowest BCUT2D eigenvalue weighted by Gasteiger charge is -2.31. The van der Waals surface area contributed by atoms with Crippen LogP contribution >= 0.6 is 0 Å². The van der Waals surface area contributed by atoms with Gasteiger partial charge in [0.25, 0.3) is 0 Å². The van der Waals surface area contributed by atoms with Crippen molar-refractivity contribution in [3.63, 3.8) is 0 Å². The number of pyridine rings is 1. The Balaban J connectivity index is 1.03. The number of fused-ring (bicyclic) bond motifs is 3. The molecule has 1 atom stereocenters. The molecule has 5 aromatic rings. The largest absolute Gasteiger partial charge is 0.356 e. The number of nitrogens with zero attached hydrogens (tertiary/aromatic N) is 6. The van der Waals surface area contributed by atoms with Crippen LogP contribution in [0.4, 0.5) is 0 Å². The molecule has 7 rings (SSSR count). The summed E-state index contributed by atoms with van der Waals surface area (Å²) in [5.74, 6) is 0.371. The first-order chi connectivity index (χ1) is 21.5. The maximum Gasteiger partial charge on any atom is 0.223 e. The highest BCUT2D eigenvalue weighted by molar-refractivity contribution is 5.90. The van der Waals surface area contributed by atoms with Gasteiger partial charge in [-0.2, -0.15) is 9.61 Å². The van der Waals surface area contributed by atoms with Crippen molar-refractivity contribution in [2.24, 2.45) is 5.92 Å². The van der Waals surface area contributed by atoms with Crippen LogP contribution in [0, 0.1) is 12.8 Å². The molecule has 2 saturated heterocycles. The fourth-order valence-electron chi connectivity index (χ4n) is 6.94. The van der Waals surface area contributed by atoms with E-state index in [9.17, 15) is 4.79 Å². The van der Waals surface area contributed by atoms with Crippen LogP contribution in [0.25, 0.3) is 39.1 Å². The SMILES string of the molecule is Cc1cc2ncc3cc(-c4ccccc4)c(-c4ccc(CN5CCC(C(=O)NCCC6CCCN6C)CC5)cc4)nc3n2n1. The Hall–Kier alpha value is -4.14. The third kappa shape index (κ3) is 5.97. The lowest BCUT2D eigenvalue weighted by atomic mass is 9.95. The van der Waals surface area contributed by atoms with Crippen LogP contribution in [0.1, 0.15) is 43.4 Å². The van der Waals surface area contributed by atoms with Crippen LogP contribution in [-0.4, -0.2) is 74.6 Å². The van der Waals surface area contributed by atoms with Gasteiger partial charge in [-0.25, -0.2) is 9.97 Å². The number of likely N-dealkylation sites (tertiary alicyclic amines) is 2. The third-order valence-corrected chi connectivity index (χ3v) is 9.51. The number of carbonyl (C=O) groups is 1. The van der Waals surface area contributed by atoms with Gasteiger partial charge in [0.15, 0.2) is 11.3 Å². The minimum Gasteiger partial charge on any atom is -0.356 e. The molecule has 8 heteroatoms. The summed E-state index contributed by atoms with van der Waals surface area (Å²) in [4.78, 5) is 27.5. The number of amides is 1. The number of nitrogens with one attached hydrogen (secondary N) is 1. The first-order valence-corrected chi connectivity index (χ1v) is 16.0. The normalized spacial score (nSPS) is 18.4. The molecule has 5 heterocycles. The number of rotatable bonds is 8. The zero-order valence-corrected chi connectivity index (χ0v) is 25.7. The molecule has 1 unspecified atom stereocenters. The molecule has 1 N–H and O–H groups in total. The molecule has 2 aromatic carbocycles. The van der Waals surface area contributed by atoms with Crippen LogP contribution < -0.4 is 5.32 Å². The quantitative estimate of drug-likeness (QED) is 0.250. The van der Waals surface area contributed by atoms with Crippen molar-refractivity contribution >= 4 is 22.6 Å². The number of piperidine rings is 1. The summed E-state index contributed by atoms with van der Waals surface area (Å²) < 4.78 is 1.84. The number of carbonyl (C=O) groups excluding carboxylic acids is 1. The van der Waals surface area contributed by atoms with Gasteiger partial charge in [-0.1, -0.05) is 54.6 Å². The number of aryl methyl sites for hydroxylation is 1. The molecule has 2 aliphatic heterocycles. The van der Waals surface area contributed by atoms with Gasteiger partial charge < -0.3 is 10.2 Å². The van der Waals surface area contributed by atoms with Crippen molar-refractivity contribution in [2.45, 2.75) is 51.6 Å². The summed E-state index contributed by atoms with van der Waals surface area (Å²) >= 11 is 0. The Bertz CT molecular complexity index is 1760. The van der Waals surface area contributed by atoms with E-state index in [0.29, 0.717) is 6.04 Å². The first kappa shape index (κ1) is 28.6. The third-order valence-electron chi connectivity index (χ3n) is 9.51. The number of hydrogen-bond acceptors (Lipinski definition) is 6. The maximum absolute atomic E-state index is 12.8. The second kappa shape index (κ2) is 12.5. The van der Waals surface area contributed by atoms with Gasteiger partial charge in [0.05, 0.1) is 11.4 Å². The number of hydrogen-bond donors (Lipinski definition) is 1. The average Bonchev–Trinajstić information content (AvgIpc) is 3.65. The van der Waals surface area contributed by atoms with E-state index >= 15 is 0 Å². The van der Waals surface area contributed by atoms with E-state index in [0.717, 1.165) is 90.2 Å². The minimum atomic E-state index is 0.130. The van der Waals surface area contributed by atoms with Gasteiger partial charge in [-0.15, -0.1) is 0 Å². The maximum atomic E-state index is 12.8. The average molecular weight is 588 g/mol. The van der Waals surface area contributed by atoms with Crippen molar-refractivity contribution in [2.75, 3.05) is 33.2 Å². The molecule has 44 heavy (non-hydrogen) atoms. The van der Waals surface area contributed by atoms with Gasteiger partial charge in [0, 0.05) is 53.8 Å². The van der Waals surface area contributed by atoms with Crippen LogP contribution in [-0.2, 0) is 11.3 Å². The van der Waals surface area contributed by atoms with E-state index in [4.69, 9.17) is 4.98 Å². The van der Waals surface area contributed by atoms with E-state index in [2.05, 4.69) is 86.8 Å². The summed E-state index contributed by atoms with van der Waals surface area (Å²) in [6.07, 6.45) is 7.32. The molecule has 0 spiro atoms. The zero-order chi connectivity index (χ0) is 30.0. The van der Waals surface area contributed by atoms with Crippen LogP contribution in [0.2, 0.25) is 0 Å². The van der Waals surface area contributed by atoms with Crippen molar-refractivity contribution in [3.8, 4) is 22.4 Å². The lowest BCUT2D eigenvalue weighted by molar-refractivity contribution is -0.126. The molecular formula is C36H41N7O. The zero-order valence-electron chi connectivity index (χ0n) is 25.7.